The molecule has 0 amide bonds. The van der Waals surface area contributed by atoms with Crippen LogP contribution < -0.4 is 5.43 Å². The molecule has 1 N–H and O–H groups in total. The lowest BCUT2D eigenvalue weighted by molar-refractivity contribution is 0.0695. The molecule has 1 heterocycles. The highest BCUT2D eigenvalue weighted by Crippen LogP contribution is 2.18. The zero-order chi connectivity index (χ0) is 11.9. The van der Waals surface area contributed by atoms with Gasteiger partial charge in [-0.05, 0) is 12.1 Å². The fraction of sp³-hybridized carbons (Fsp3) is 0.0909. The number of fused-ring (bicyclic) bond motifs is 1. The van der Waals surface area contributed by atoms with E-state index < -0.39 is 11.4 Å². The topological polar surface area (TPSA) is 59.3 Å². The third kappa shape index (κ3) is 1.39. The molecule has 0 fully saturated rings. The molecule has 0 atom stereocenters. The highest BCUT2D eigenvalue weighted by atomic mass is 35.5. The van der Waals surface area contributed by atoms with Crippen molar-refractivity contribution in [2.45, 2.75) is 0 Å². The lowest BCUT2D eigenvalue weighted by Gasteiger charge is -2.09. The highest BCUT2D eigenvalue weighted by molar-refractivity contribution is 6.33. The van der Waals surface area contributed by atoms with Crippen LogP contribution in [-0.2, 0) is 7.05 Å². The van der Waals surface area contributed by atoms with Gasteiger partial charge in [0, 0.05) is 12.4 Å². The molecular formula is C11H8ClNO3. The standard InChI is InChI=1S/C11H8ClNO3/c1-13-7-5-3-2-4-6(7)9(14)8(10(13)12)11(15)16/h2-5H,1H3,(H,15,16). The Morgan fingerprint density at radius 2 is 2.00 bits per heavy atom. The van der Waals surface area contributed by atoms with E-state index in [4.69, 9.17) is 16.7 Å². The van der Waals surface area contributed by atoms with Crippen molar-refractivity contribution in [1.29, 1.82) is 0 Å². The monoisotopic (exact) mass is 237 g/mol. The third-order valence-corrected chi connectivity index (χ3v) is 2.89. The molecular weight excluding hydrogens is 230 g/mol. The number of carboxylic acids is 1. The van der Waals surface area contributed by atoms with E-state index in [1.54, 1.807) is 31.3 Å². The number of hydrogen-bond donors (Lipinski definition) is 1. The summed E-state index contributed by atoms with van der Waals surface area (Å²) in [6.07, 6.45) is 0. The van der Waals surface area contributed by atoms with Crippen molar-refractivity contribution in [1.82, 2.24) is 4.57 Å². The first kappa shape index (κ1) is 10.7. The summed E-state index contributed by atoms with van der Waals surface area (Å²) < 4.78 is 1.49. The average molecular weight is 238 g/mol. The molecule has 0 saturated heterocycles. The van der Waals surface area contributed by atoms with Crippen LogP contribution in [0.25, 0.3) is 10.9 Å². The molecule has 0 bridgehead atoms. The molecule has 16 heavy (non-hydrogen) atoms. The minimum Gasteiger partial charge on any atom is -0.477 e. The van der Waals surface area contributed by atoms with E-state index in [1.165, 1.54) is 4.57 Å². The number of carbonyl (C=O) groups is 1. The van der Waals surface area contributed by atoms with Gasteiger partial charge in [0.15, 0.2) is 0 Å². The molecule has 4 nitrogen and oxygen atoms in total. The van der Waals surface area contributed by atoms with Crippen LogP contribution in [-0.4, -0.2) is 15.6 Å². The zero-order valence-corrected chi connectivity index (χ0v) is 9.15. The lowest BCUT2D eigenvalue weighted by atomic mass is 10.1. The van der Waals surface area contributed by atoms with Gasteiger partial charge in [0.2, 0.25) is 5.43 Å². The van der Waals surface area contributed by atoms with Crippen molar-refractivity contribution < 1.29 is 9.90 Å². The first-order chi connectivity index (χ1) is 7.54. The Morgan fingerprint density at radius 3 is 2.62 bits per heavy atom. The molecule has 82 valence electrons. The largest absolute Gasteiger partial charge is 0.477 e. The Labute approximate surface area is 95.7 Å². The number of aromatic nitrogens is 1. The highest BCUT2D eigenvalue weighted by Gasteiger charge is 2.18. The smallest absolute Gasteiger partial charge is 0.342 e. The minimum atomic E-state index is -1.31. The van der Waals surface area contributed by atoms with Gasteiger partial charge in [-0.3, -0.25) is 4.79 Å². The molecule has 1 aromatic carbocycles. The summed E-state index contributed by atoms with van der Waals surface area (Å²) in [7, 11) is 1.62. The first-order valence-corrected chi connectivity index (χ1v) is 4.92. The van der Waals surface area contributed by atoms with Crippen LogP contribution in [0.5, 0.6) is 0 Å². The maximum absolute atomic E-state index is 11.9. The molecule has 2 rings (SSSR count). The number of hydrogen-bond acceptors (Lipinski definition) is 2. The molecule has 0 aliphatic rings. The van der Waals surface area contributed by atoms with Gasteiger partial charge in [0.1, 0.15) is 10.7 Å². The van der Waals surface area contributed by atoms with Gasteiger partial charge in [0.05, 0.1) is 5.52 Å². The van der Waals surface area contributed by atoms with E-state index in [2.05, 4.69) is 0 Å². The number of para-hydroxylation sites is 1. The van der Waals surface area contributed by atoms with E-state index in [0.29, 0.717) is 10.9 Å². The van der Waals surface area contributed by atoms with E-state index in [1.807, 2.05) is 0 Å². The normalized spacial score (nSPS) is 10.6. The molecule has 2 aromatic rings. The number of rotatable bonds is 1. The van der Waals surface area contributed by atoms with Crippen LogP contribution in [0.4, 0.5) is 0 Å². The van der Waals surface area contributed by atoms with Crippen molar-refractivity contribution in [3.8, 4) is 0 Å². The van der Waals surface area contributed by atoms with E-state index in [0.717, 1.165) is 0 Å². The van der Waals surface area contributed by atoms with E-state index in [9.17, 15) is 9.59 Å². The molecule has 1 aromatic heterocycles. The van der Waals surface area contributed by atoms with Gasteiger partial charge in [-0.2, -0.15) is 0 Å². The lowest BCUT2D eigenvalue weighted by Crippen LogP contribution is -2.19. The second-order valence-corrected chi connectivity index (χ2v) is 3.73. The predicted octanol–water partition coefficient (Wildman–Crippen LogP) is 1.89. The van der Waals surface area contributed by atoms with Crippen LogP contribution >= 0.6 is 11.6 Å². The van der Waals surface area contributed by atoms with Crippen LogP contribution in [0.3, 0.4) is 0 Å². The Morgan fingerprint density at radius 1 is 1.38 bits per heavy atom. The Bertz CT molecular complexity index is 645. The number of nitrogens with zero attached hydrogens (tertiary/aromatic N) is 1. The molecule has 5 heteroatoms. The SMILES string of the molecule is Cn1c(Cl)c(C(=O)O)c(=O)c2ccccc21. The fourth-order valence-electron chi connectivity index (χ4n) is 1.65. The summed E-state index contributed by atoms with van der Waals surface area (Å²) >= 11 is 5.85. The number of aromatic carboxylic acids is 1. The minimum absolute atomic E-state index is 0.0591. The number of halogens is 1. The van der Waals surface area contributed by atoms with Gasteiger partial charge in [0.25, 0.3) is 0 Å². The van der Waals surface area contributed by atoms with Gasteiger partial charge >= 0.3 is 5.97 Å². The second-order valence-electron chi connectivity index (χ2n) is 3.38. The molecule has 0 saturated carbocycles. The van der Waals surface area contributed by atoms with Gasteiger partial charge in [-0.1, -0.05) is 23.7 Å². The predicted molar refractivity (Wildman–Crippen MR) is 61.2 cm³/mol. The van der Waals surface area contributed by atoms with E-state index >= 15 is 0 Å². The van der Waals surface area contributed by atoms with Crippen LogP contribution in [0.1, 0.15) is 10.4 Å². The van der Waals surface area contributed by atoms with Crippen LogP contribution in [0.2, 0.25) is 5.15 Å². The summed E-state index contributed by atoms with van der Waals surface area (Å²) in [6.45, 7) is 0. The van der Waals surface area contributed by atoms with Gasteiger partial charge in [-0.15, -0.1) is 0 Å². The number of aryl methyl sites for hydroxylation is 1. The van der Waals surface area contributed by atoms with Crippen LogP contribution in [0, 0.1) is 0 Å². The van der Waals surface area contributed by atoms with E-state index in [-0.39, 0.29) is 10.7 Å². The molecule has 0 radical (unpaired) electrons. The third-order valence-electron chi connectivity index (χ3n) is 2.45. The maximum Gasteiger partial charge on any atom is 0.342 e. The second kappa shape index (κ2) is 3.64. The molecule has 0 aliphatic carbocycles. The van der Waals surface area contributed by atoms with Gasteiger partial charge in [-0.25, -0.2) is 4.79 Å². The Balaban J connectivity index is 3.07. The molecule has 0 aliphatic heterocycles. The van der Waals surface area contributed by atoms with Crippen molar-refractivity contribution in [2.24, 2.45) is 7.05 Å². The Hall–Kier alpha value is -1.81. The quantitative estimate of drug-likeness (QED) is 0.771. The van der Waals surface area contributed by atoms with Crippen molar-refractivity contribution in [2.75, 3.05) is 0 Å². The summed E-state index contributed by atoms with van der Waals surface area (Å²) in [4.78, 5) is 22.8. The number of carboxylic acid groups (broad SMARTS) is 1. The van der Waals surface area contributed by atoms with Crippen molar-refractivity contribution in [3.63, 3.8) is 0 Å². The van der Waals surface area contributed by atoms with Gasteiger partial charge < -0.3 is 9.67 Å². The van der Waals surface area contributed by atoms with Crippen molar-refractivity contribution >= 4 is 28.5 Å². The molecule has 0 unspecified atom stereocenters. The summed E-state index contributed by atoms with van der Waals surface area (Å²) in [5.74, 6) is -1.31. The summed E-state index contributed by atoms with van der Waals surface area (Å²) in [5.41, 5.74) is -0.323. The molecule has 0 spiro atoms. The number of pyridine rings is 1. The number of benzene rings is 1. The Kier molecular flexibility index (Phi) is 2.44. The van der Waals surface area contributed by atoms with Crippen molar-refractivity contribution in [3.05, 3.63) is 45.2 Å². The summed E-state index contributed by atoms with van der Waals surface area (Å²) in [5, 5.41) is 9.23. The van der Waals surface area contributed by atoms with Crippen LogP contribution in [0.15, 0.2) is 29.1 Å². The summed E-state index contributed by atoms with van der Waals surface area (Å²) in [6, 6.07) is 6.75. The fourth-order valence-corrected chi connectivity index (χ4v) is 1.90. The zero-order valence-electron chi connectivity index (χ0n) is 8.40. The average Bonchev–Trinajstić information content (AvgIpc) is 2.26. The first-order valence-electron chi connectivity index (χ1n) is 4.54. The maximum atomic E-state index is 11.9.